The summed E-state index contributed by atoms with van der Waals surface area (Å²) in [5, 5.41) is 4.51. The Morgan fingerprint density at radius 3 is 2.57 bits per heavy atom. The summed E-state index contributed by atoms with van der Waals surface area (Å²) in [6.07, 6.45) is 4.60. The first kappa shape index (κ1) is 15.6. The number of benzene rings is 1. The first-order chi connectivity index (χ1) is 11.2. The highest BCUT2D eigenvalue weighted by molar-refractivity contribution is 5.93. The molecule has 0 spiro atoms. The van der Waals surface area contributed by atoms with E-state index in [-0.39, 0.29) is 5.91 Å². The molecule has 0 atom stereocenters. The molecule has 1 fully saturated rings. The summed E-state index contributed by atoms with van der Waals surface area (Å²) in [4.78, 5) is 14.7. The van der Waals surface area contributed by atoms with Gasteiger partial charge < -0.3 is 9.64 Å². The first-order valence-corrected chi connectivity index (χ1v) is 8.17. The number of methoxy groups -OCH3 is 1. The van der Waals surface area contributed by atoms with Crippen LogP contribution in [0.1, 0.15) is 36.2 Å². The van der Waals surface area contributed by atoms with Gasteiger partial charge in [0.05, 0.1) is 12.8 Å². The summed E-state index contributed by atoms with van der Waals surface area (Å²) < 4.78 is 6.94. The van der Waals surface area contributed by atoms with Gasteiger partial charge in [-0.25, -0.2) is 0 Å². The molecule has 0 aliphatic carbocycles. The van der Waals surface area contributed by atoms with E-state index in [2.05, 4.69) is 5.10 Å². The number of nitrogens with zero attached hydrogens (tertiary/aromatic N) is 3. The standard InChI is InChI=1S/C18H23N3O2/c1-20-17(18(22)21-10-5-3-4-6-11-21)13-16(19-20)14-8-7-9-15(12-14)23-2/h7-9,12-13H,3-6,10-11H2,1-2H3. The number of carbonyl (C=O) groups excluding carboxylic acids is 1. The van der Waals surface area contributed by atoms with Gasteiger partial charge in [0.2, 0.25) is 0 Å². The molecule has 23 heavy (non-hydrogen) atoms. The third-order valence-electron chi connectivity index (χ3n) is 4.36. The van der Waals surface area contributed by atoms with Crippen LogP contribution in [0.25, 0.3) is 11.3 Å². The average Bonchev–Trinajstić information content (AvgIpc) is 2.79. The number of carbonyl (C=O) groups is 1. The molecular weight excluding hydrogens is 290 g/mol. The third kappa shape index (κ3) is 3.38. The molecule has 0 radical (unpaired) electrons. The zero-order chi connectivity index (χ0) is 16.2. The maximum atomic E-state index is 12.8. The van der Waals surface area contributed by atoms with Gasteiger partial charge >= 0.3 is 0 Å². The molecule has 1 aromatic heterocycles. The van der Waals surface area contributed by atoms with E-state index >= 15 is 0 Å². The van der Waals surface area contributed by atoms with Crippen molar-refractivity contribution in [2.24, 2.45) is 7.05 Å². The number of hydrogen-bond acceptors (Lipinski definition) is 3. The lowest BCUT2D eigenvalue weighted by atomic mass is 10.1. The largest absolute Gasteiger partial charge is 0.497 e. The number of amides is 1. The molecule has 2 aromatic rings. The Hall–Kier alpha value is -2.30. The van der Waals surface area contributed by atoms with Gasteiger partial charge in [0, 0.05) is 25.7 Å². The smallest absolute Gasteiger partial charge is 0.272 e. The van der Waals surface area contributed by atoms with Crippen molar-refractivity contribution in [2.45, 2.75) is 25.7 Å². The summed E-state index contributed by atoms with van der Waals surface area (Å²) in [6, 6.07) is 9.62. The molecule has 1 aliphatic rings. The van der Waals surface area contributed by atoms with E-state index in [1.54, 1.807) is 11.8 Å². The summed E-state index contributed by atoms with van der Waals surface area (Å²) >= 11 is 0. The van der Waals surface area contributed by atoms with Crippen molar-refractivity contribution < 1.29 is 9.53 Å². The lowest BCUT2D eigenvalue weighted by Gasteiger charge is -2.19. The Kier molecular flexibility index (Phi) is 4.65. The highest BCUT2D eigenvalue weighted by Gasteiger charge is 2.21. The van der Waals surface area contributed by atoms with Gasteiger partial charge in [-0.2, -0.15) is 5.10 Å². The van der Waals surface area contributed by atoms with Crippen molar-refractivity contribution in [3.8, 4) is 17.0 Å². The molecule has 5 nitrogen and oxygen atoms in total. The fraction of sp³-hybridized carbons (Fsp3) is 0.444. The summed E-state index contributed by atoms with van der Waals surface area (Å²) in [5.74, 6) is 0.865. The zero-order valence-corrected chi connectivity index (χ0v) is 13.8. The van der Waals surface area contributed by atoms with E-state index < -0.39 is 0 Å². The van der Waals surface area contributed by atoms with Crippen LogP contribution >= 0.6 is 0 Å². The number of aromatic nitrogens is 2. The molecule has 1 aromatic carbocycles. The van der Waals surface area contributed by atoms with Crippen LogP contribution in [0.2, 0.25) is 0 Å². The fourth-order valence-corrected chi connectivity index (χ4v) is 3.03. The second-order valence-electron chi connectivity index (χ2n) is 5.98. The van der Waals surface area contributed by atoms with E-state index in [1.807, 2.05) is 42.3 Å². The van der Waals surface area contributed by atoms with Crippen LogP contribution in [0.3, 0.4) is 0 Å². The van der Waals surface area contributed by atoms with Crippen molar-refractivity contribution in [3.63, 3.8) is 0 Å². The van der Waals surface area contributed by atoms with Crippen LogP contribution in [0.4, 0.5) is 0 Å². The number of hydrogen-bond donors (Lipinski definition) is 0. The molecule has 122 valence electrons. The first-order valence-electron chi connectivity index (χ1n) is 8.17. The van der Waals surface area contributed by atoms with Gasteiger partial charge in [-0.05, 0) is 31.0 Å². The maximum Gasteiger partial charge on any atom is 0.272 e. The van der Waals surface area contributed by atoms with Crippen LogP contribution < -0.4 is 4.74 Å². The fourth-order valence-electron chi connectivity index (χ4n) is 3.03. The van der Waals surface area contributed by atoms with E-state index in [0.29, 0.717) is 5.69 Å². The third-order valence-corrected chi connectivity index (χ3v) is 4.36. The molecule has 0 N–H and O–H groups in total. The Morgan fingerprint density at radius 2 is 1.87 bits per heavy atom. The lowest BCUT2D eigenvalue weighted by Crippen LogP contribution is -2.33. The quantitative estimate of drug-likeness (QED) is 0.875. The Bertz CT molecular complexity index is 685. The molecule has 0 bridgehead atoms. The molecule has 0 unspecified atom stereocenters. The molecule has 3 rings (SSSR count). The second-order valence-corrected chi connectivity index (χ2v) is 5.98. The molecular formula is C18H23N3O2. The lowest BCUT2D eigenvalue weighted by molar-refractivity contribution is 0.0750. The minimum absolute atomic E-state index is 0.0797. The highest BCUT2D eigenvalue weighted by Crippen LogP contribution is 2.24. The molecule has 2 heterocycles. The van der Waals surface area contributed by atoms with Crippen LogP contribution in [0.5, 0.6) is 5.75 Å². The predicted molar refractivity (Wildman–Crippen MR) is 89.6 cm³/mol. The maximum absolute atomic E-state index is 12.8. The molecule has 1 amide bonds. The van der Waals surface area contributed by atoms with Crippen LogP contribution in [0.15, 0.2) is 30.3 Å². The Morgan fingerprint density at radius 1 is 1.13 bits per heavy atom. The topological polar surface area (TPSA) is 47.4 Å². The van der Waals surface area contributed by atoms with Crippen molar-refractivity contribution >= 4 is 5.91 Å². The number of rotatable bonds is 3. The van der Waals surface area contributed by atoms with E-state index in [1.165, 1.54) is 12.8 Å². The molecule has 1 saturated heterocycles. The zero-order valence-electron chi connectivity index (χ0n) is 13.8. The normalized spacial score (nSPS) is 15.3. The SMILES string of the molecule is COc1cccc(-c2cc(C(=O)N3CCCCCC3)n(C)n2)c1. The van der Waals surface area contributed by atoms with E-state index in [9.17, 15) is 4.79 Å². The Balaban J connectivity index is 1.86. The van der Waals surface area contributed by atoms with Crippen molar-refractivity contribution in [2.75, 3.05) is 20.2 Å². The highest BCUT2D eigenvalue weighted by atomic mass is 16.5. The molecule has 1 aliphatic heterocycles. The van der Waals surface area contributed by atoms with Crippen molar-refractivity contribution in [3.05, 3.63) is 36.0 Å². The Labute approximate surface area is 136 Å². The van der Waals surface area contributed by atoms with Crippen molar-refractivity contribution in [1.29, 1.82) is 0 Å². The minimum atomic E-state index is 0.0797. The monoisotopic (exact) mass is 313 g/mol. The number of likely N-dealkylation sites (tertiary alicyclic amines) is 1. The van der Waals surface area contributed by atoms with Gasteiger partial charge in [0.15, 0.2) is 0 Å². The molecule has 5 heteroatoms. The van der Waals surface area contributed by atoms with Gasteiger partial charge in [-0.3, -0.25) is 9.48 Å². The summed E-state index contributed by atoms with van der Waals surface area (Å²) in [7, 11) is 3.47. The van der Waals surface area contributed by atoms with Gasteiger partial charge in [-0.1, -0.05) is 25.0 Å². The number of aryl methyl sites for hydroxylation is 1. The van der Waals surface area contributed by atoms with E-state index in [0.717, 1.165) is 42.9 Å². The molecule has 0 saturated carbocycles. The van der Waals surface area contributed by atoms with Crippen LogP contribution in [0, 0.1) is 0 Å². The van der Waals surface area contributed by atoms with Crippen LogP contribution in [-0.4, -0.2) is 40.8 Å². The van der Waals surface area contributed by atoms with Crippen LogP contribution in [-0.2, 0) is 7.05 Å². The summed E-state index contributed by atoms with van der Waals surface area (Å²) in [6.45, 7) is 1.69. The average molecular weight is 313 g/mol. The second kappa shape index (κ2) is 6.86. The number of ether oxygens (including phenoxy) is 1. The van der Waals surface area contributed by atoms with Gasteiger partial charge in [0.25, 0.3) is 5.91 Å². The van der Waals surface area contributed by atoms with Crippen molar-refractivity contribution in [1.82, 2.24) is 14.7 Å². The van der Waals surface area contributed by atoms with Gasteiger partial charge in [-0.15, -0.1) is 0 Å². The minimum Gasteiger partial charge on any atom is -0.497 e. The summed E-state index contributed by atoms with van der Waals surface area (Å²) in [5.41, 5.74) is 2.39. The van der Waals surface area contributed by atoms with E-state index in [4.69, 9.17) is 4.74 Å². The van der Waals surface area contributed by atoms with Gasteiger partial charge in [0.1, 0.15) is 11.4 Å². The predicted octanol–water partition coefficient (Wildman–Crippen LogP) is 3.11.